The van der Waals surface area contributed by atoms with Gasteiger partial charge in [-0.15, -0.1) is 0 Å². The number of hydrogen-bond donors (Lipinski definition) is 1. The number of hydrogen-bond acceptors (Lipinski definition) is 4. The lowest BCUT2D eigenvalue weighted by molar-refractivity contribution is -0.137. The van der Waals surface area contributed by atoms with Gasteiger partial charge in [-0.3, -0.25) is 9.59 Å². The van der Waals surface area contributed by atoms with Crippen LogP contribution in [0, 0.1) is 0 Å². The zero-order valence-corrected chi connectivity index (χ0v) is 19.0. The van der Waals surface area contributed by atoms with Crippen LogP contribution in [0.4, 0.5) is 0 Å². The number of rotatable bonds is 6. The Morgan fingerprint density at radius 1 is 1.03 bits per heavy atom. The number of nitrogens with one attached hydrogen (secondary N) is 1. The van der Waals surface area contributed by atoms with Crippen LogP contribution in [0.5, 0.6) is 11.5 Å². The van der Waals surface area contributed by atoms with Crippen molar-refractivity contribution in [3.05, 3.63) is 60.2 Å². The molecule has 1 saturated carbocycles. The van der Waals surface area contributed by atoms with Gasteiger partial charge in [-0.05, 0) is 49.4 Å². The molecule has 0 bridgehead atoms. The molecule has 1 spiro atoms. The lowest BCUT2D eigenvalue weighted by Gasteiger charge is -2.47. The molecule has 6 heteroatoms. The van der Waals surface area contributed by atoms with E-state index in [4.69, 9.17) is 9.47 Å². The van der Waals surface area contributed by atoms with Gasteiger partial charge < -0.3 is 19.7 Å². The number of fused-ring (bicyclic) bond motifs is 1. The molecule has 6 nitrogen and oxygen atoms in total. The molecule has 0 aromatic heterocycles. The van der Waals surface area contributed by atoms with Crippen LogP contribution < -0.4 is 14.8 Å². The highest BCUT2D eigenvalue weighted by Gasteiger charge is 2.44. The van der Waals surface area contributed by atoms with Crippen LogP contribution in [-0.4, -0.2) is 48.1 Å². The second-order valence-corrected chi connectivity index (χ2v) is 9.61. The van der Waals surface area contributed by atoms with Gasteiger partial charge in [0.05, 0.1) is 0 Å². The molecule has 2 heterocycles. The van der Waals surface area contributed by atoms with Gasteiger partial charge >= 0.3 is 0 Å². The van der Waals surface area contributed by atoms with E-state index in [-0.39, 0.29) is 29.9 Å². The van der Waals surface area contributed by atoms with Crippen LogP contribution in [0.15, 0.2) is 54.6 Å². The molecule has 174 valence electrons. The minimum atomic E-state index is -0.327. The summed E-state index contributed by atoms with van der Waals surface area (Å²) in [7, 11) is 0. The maximum atomic E-state index is 12.7. The molecular weight excluding hydrogens is 416 g/mol. The van der Waals surface area contributed by atoms with Crippen molar-refractivity contribution in [1.82, 2.24) is 10.2 Å². The zero-order chi connectivity index (χ0) is 22.7. The summed E-state index contributed by atoms with van der Waals surface area (Å²) in [6.07, 6.45) is 6.23. The molecule has 5 rings (SSSR count). The summed E-state index contributed by atoms with van der Waals surface area (Å²) in [6.45, 7) is 1.32. The number of amides is 2. The first kappa shape index (κ1) is 21.8. The molecule has 2 fully saturated rings. The summed E-state index contributed by atoms with van der Waals surface area (Å²) in [5.41, 5.74) is 0.800. The van der Waals surface area contributed by atoms with Crippen LogP contribution >= 0.6 is 0 Å². The van der Waals surface area contributed by atoms with Crippen LogP contribution in [0.25, 0.3) is 0 Å². The molecule has 1 saturated heterocycles. The van der Waals surface area contributed by atoms with E-state index in [1.807, 2.05) is 53.4 Å². The van der Waals surface area contributed by atoms with Crippen molar-refractivity contribution < 1.29 is 19.1 Å². The molecule has 2 amide bonds. The summed E-state index contributed by atoms with van der Waals surface area (Å²) in [5, 5.41) is 3.19. The van der Waals surface area contributed by atoms with Crippen molar-refractivity contribution in [1.29, 1.82) is 0 Å². The number of likely N-dealkylation sites (tertiary alicyclic amines) is 1. The molecule has 33 heavy (non-hydrogen) atoms. The van der Waals surface area contributed by atoms with E-state index in [0.29, 0.717) is 31.3 Å². The number of ether oxygens (including phenoxy) is 2. The number of carbonyl (C=O) groups is 2. The number of para-hydroxylation sites is 2. The Hall–Kier alpha value is -3.02. The fourth-order valence-electron chi connectivity index (χ4n) is 5.21. The lowest BCUT2D eigenvalue weighted by atomic mass is 9.76. The molecule has 1 atom stereocenters. The molecule has 2 aromatic carbocycles. The average Bonchev–Trinajstić information content (AvgIpc) is 2.81. The maximum absolute atomic E-state index is 12.7. The second-order valence-electron chi connectivity index (χ2n) is 9.61. The SMILES string of the molecule is O=C(CC1CC2(CCN(C(=O)COc3ccccc3)CC2)Oc2ccccc21)NC1CCC1. The molecule has 3 aliphatic rings. The van der Waals surface area contributed by atoms with Gasteiger partial charge in [0.2, 0.25) is 5.91 Å². The first-order valence-electron chi connectivity index (χ1n) is 12.1. The van der Waals surface area contributed by atoms with Gasteiger partial charge in [-0.1, -0.05) is 36.4 Å². The van der Waals surface area contributed by atoms with Crippen LogP contribution in [0.2, 0.25) is 0 Å². The molecule has 1 N–H and O–H groups in total. The molecule has 1 aliphatic carbocycles. The van der Waals surface area contributed by atoms with Gasteiger partial charge in [0.15, 0.2) is 6.61 Å². The number of piperidine rings is 1. The first-order chi connectivity index (χ1) is 16.1. The highest BCUT2D eigenvalue weighted by atomic mass is 16.5. The summed E-state index contributed by atoms with van der Waals surface area (Å²) in [4.78, 5) is 27.3. The summed E-state index contributed by atoms with van der Waals surface area (Å²) in [5.74, 6) is 1.87. The third-order valence-corrected chi connectivity index (χ3v) is 7.34. The Bertz CT molecular complexity index is 981. The van der Waals surface area contributed by atoms with Gasteiger partial charge in [0.1, 0.15) is 17.1 Å². The standard InChI is InChI=1S/C27H32N2O4/c30-25(28-21-7-6-8-21)17-20-18-27(33-24-12-5-4-11-23(20)24)13-15-29(16-14-27)26(31)19-32-22-9-2-1-3-10-22/h1-5,9-12,20-21H,6-8,13-19H2,(H,28,30). The van der Waals surface area contributed by atoms with Gasteiger partial charge in [0.25, 0.3) is 5.91 Å². The van der Waals surface area contributed by atoms with E-state index in [2.05, 4.69) is 11.4 Å². The van der Waals surface area contributed by atoms with E-state index in [0.717, 1.165) is 43.4 Å². The van der Waals surface area contributed by atoms with Crippen LogP contribution in [-0.2, 0) is 9.59 Å². The Morgan fingerprint density at radius 2 is 1.76 bits per heavy atom. The van der Waals surface area contributed by atoms with E-state index in [9.17, 15) is 9.59 Å². The molecule has 2 aromatic rings. The van der Waals surface area contributed by atoms with Crippen molar-refractivity contribution in [2.75, 3.05) is 19.7 Å². The minimum absolute atomic E-state index is 0.00124. The van der Waals surface area contributed by atoms with Crippen molar-refractivity contribution in [2.45, 2.75) is 62.5 Å². The van der Waals surface area contributed by atoms with Gasteiger partial charge in [-0.25, -0.2) is 0 Å². The summed E-state index contributed by atoms with van der Waals surface area (Å²) in [6, 6.07) is 17.9. The number of nitrogens with zero attached hydrogens (tertiary/aromatic N) is 1. The van der Waals surface area contributed by atoms with Crippen LogP contribution in [0.3, 0.4) is 0 Å². The predicted octanol–water partition coefficient (Wildman–Crippen LogP) is 4.05. The monoisotopic (exact) mass is 448 g/mol. The minimum Gasteiger partial charge on any atom is -0.487 e. The quantitative estimate of drug-likeness (QED) is 0.724. The molecule has 2 aliphatic heterocycles. The Balaban J connectivity index is 1.21. The fraction of sp³-hybridized carbons (Fsp3) is 0.481. The number of carbonyl (C=O) groups excluding carboxylic acids is 2. The fourth-order valence-corrected chi connectivity index (χ4v) is 5.21. The summed E-state index contributed by atoms with van der Waals surface area (Å²) < 4.78 is 12.2. The Morgan fingerprint density at radius 3 is 2.48 bits per heavy atom. The van der Waals surface area contributed by atoms with Crippen molar-refractivity contribution in [2.24, 2.45) is 0 Å². The van der Waals surface area contributed by atoms with Crippen molar-refractivity contribution in [3.8, 4) is 11.5 Å². The Kier molecular flexibility index (Phi) is 6.25. The molecular formula is C27H32N2O4. The normalized spacial score (nSPS) is 21.5. The average molecular weight is 449 g/mol. The highest BCUT2D eigenvalue weighted by Crippen LogP contribution is 2.46. The molecule has 0 radical (unpaired) electrons. The first-order valence-corrected chi connectivity index (χ1v) is 12.1. The maximum Gasteiger partial charge on any atom is 0.260 e. The van der Waals surface area contributed by atoms with E-state index in [1.165, 1.54) is 6.42 Å². The number of benzene rings is 2. The molecule has 1 unspecified atom stereocenters. The predicted molar refractivity (Wildman–Crippen MR) is 125 cm³/mol. The van der Waals surface area contributed by atoms with Gasteiger partial charge in [0, 0.05) is 44.3 Å². The third kappa shape index (κ3) is 5.00. The van der Waals surface area contributed by atoms with Gasteiger partial charge in [-0.2, -0.15) is 0 Å². The zero-order valence-electron chi connectivity index (χ0n) is 19.0. The van der Waals surface area contributed by atoms with E-state index >= 15 is 0 Å². The Labute approximate surface area is 195 Å². The van der Waals surface area contributed by atoms with Crippen LogP contribution in [0.1, 0.15) is 56.4 Å². The highest BCUT2D eigenvalue weighted by molar-refractivity contribution is 5.78. The van der Waals surface area contributed by atoms with Crippen molar-refractivity contribution in [3.63, 3.8) is 0 Å². The largest absolute Gasteiger partial charge is 0.487 e. The van der Waals surface area contributed by atoms with E-state index in [1.54, 1.807) is 0 Å². The third-order valence-electron chi connectivity index (χ3n) is 7.34. The van der Waals surface area contributed by atoms with Crippen molar-refractivity contribution >= 4 is 11.8 Å². The second kappa shape index (κ2) is 9.46. The smallest absolute Gasteiger partial charge is 0.260 e. The topological polar surface area (TPSA) is 67.9 Å². The summed E-state index contributed by atoms with van der Waals surface area (Å²) >= 11 is 0. The van der Waals surface area contributed by atoms with E-state index < -0.39 is 0 Å². The lowest BCUT2D eigenvalue weighted by Crippen LogP contribution is -2.52.